The first kappa shape index (κ1) is 15.6. The monoisotopic (exact) mass is 349 g/mol. The zero-order valence-electron chi connectivity index (χ0n) is 13.1. The molecule has 2 saturated heterocycles. The average molecular weight is 349 g/mol. The van der Waals surface area contributed by atoms with Crippen molar-refractivity contribution in [3.8, 4) is 0 Å². The molecule has 2 aliphatic heterocycles. The summed E-state index contributed by atoms with van der Waals surface area (Å²) in [4.78, 5) is 23.8. The molecule has 128 valence electrons. The number of benzene rings is 1. The molecule has 4 rings (SSSR count). The first-order valence-corrected chi connectivity index (χ1v) is 9.58. The Morgan fingerprint density at radius 1 is 1.12 bits per heavy atom. The molecule has 0 aromatic heterocycles. The molecule has 1 unspecified atom stereocenters. The fraction of sp³-hybridized carbons (Fsp3) is 0.500. The maximum absolute atomic E-state index is 12.9. The Bertz CT molecular complexity index is 801. The minimum Gasteiger partial charge on any atom is -0.322 e. The van der Waals surface area contributed by atoms with Crippen molar-refractivity contribution in [2.24, 2.45) is 0 Å². The maximum atomic E-state index is 12.9. The summed E-state index contributed by atoms with van der Waals surface area (Å²) < 4.78 is 27.1. The predicted molar refractivity (Wildman–Crippen MR) is 85.8 cm³/mol. The van der Waals surface area contributed by atoms with Crippen LogP contribution in [0, 0.1) is 0 Å². The molecule has 2 N–H and O–H groups in total. The number of hydrogen-bond donors (Lipinski definition) is 2. The highest BCUT2D eigenvalue weighted by molar-refractivity contribution is 7.89. The molecule has 2 heterocycles. The summed E-state index contributed by atoms with van der Waals surface area (Å²) in [5.41, 5.74) is 0.0302. The SMILES string of the molecule is O=C1NC(=O)C2(CCCN(S(=O)(=O)c3ccc(C4CC4)cc3)C2)N1. The maximum Gasteiger partial charge on any atom is 0.322 e. The molecule has 1 spiro atoms. The zero-order valence-corrected chi connectivity index (χ0v) is 13.9. The van der Waals surface area contributed by atoms with E-state index in [2.05, 4.69) is 10.6 Å². The minimum atomic E-state index is -3.69. The Morgan fingerprint density at radius 2 is 1.83 bits per heavy atom. The molecule has 0 bridgehead atoms. The largest absolute Gasteiger partial charge is 0.322 e. The summed E-state index contributed by atoms with van der Waals surface area (Å²) in [5, 5.41) is 4.80. The quantitative estimate of drug-likeness (QED) is 0.794. The number of piperidine rings is 1. The van der Waals surface area contributed by atoms with Crippen LogP contribution in [0.1, 0.15) is 37.2 Å². The van der Waals surface area contributed by atoms with Crippen LogP contribution >= 0.6 is 0 Å². The Labute approximate surface area is 140 Å². The van der Waals surface area contributed by atoms with E-state index in [-0.39, 0.29) is 11.4 Å². The van der Waals surface area contributed by atoms with Crippen molar-refractivity contribution in [1.82, 2.24) is 14.9 Å². The Morgan fingerprint density at radius 3 is 2.42 bits per heavy atom. The van der Waals surface area contributed by atoms with Crippen LogP contribution in [0.15, 0.2) is 29.2 Å². The van der Waals surface area contributed by atoms with E-state index in [4.69, 9.17) is 0 Å². The lowest BCUT2D eigenvalue weighted by atomic mass is 9.90. The lowest BCUT2D eigenvalue weighted by Gasteiger charge is -2.37. The number of hydrogen-bond acceptors (Lipinski definition) is 4. The second-order valence-electron chi connectivity index (χ2n) is 6.78. The van der Waals surface area contributed by atoms with E-state index in [0.29, 0.717) is 25.3 Å². The highest BCUT2D eigenvalue weighted by Crippen LogP contribution is 2.40. The number of carbonyl (C=O) groups excluding carboxylic acids is 2. The number of carbonyl (C=O) groups is 2. The number of nitrogens with zero attached hydrogens (tertiary/aromatic N) is 1. The molecule has 1 aromatic carbocycles. The van der Waals surface area contributed by atoms with Crippen LogP contribution in [0.4, 0.5) is 4.79 Å². The molecule has 24 heavy (non-hydrogen) atoms. The van der Waals surface area contributed by atoms with Gasteiger partial charge in [-0.25, -0.2) is 13.2 Å². The number of sulfonamides is 1. The molecule has 3 fully saturated rings. The number of rotatable bonds is 3. The van der Waals surface area contributed by atoms with Crippen molar-refractivity contribution < 1.29 is 18.0 Å². The summed E-state index contributed by atoms with van der Waals surface area (Å²) in [7, 11) is -3.69. The van der Waals surface area contributed by atoms with Gasteiger partial charge in [0.25, 0.3) is 5.91 Å². The first-order chi connectivity index (χ1) is 11.4. The summed E-state index contributed by atoms with van der Waals surface area (Å²) in [5.74, 6) is 0.119. The van der Waals surface area contributed by atoms with Gasteiger partial charge in [0.05, 0.1) is 4.90 Å². The Balaban J connectivity index is 1.59. The standard InChI is InChI=1S/C16H19N3O4S/c20-14-16(18-15(21)17-14)8-1-9-19(10-16)24(22,23)13-6-4-12(5-7-13)11-2-3-11/h4-7,11H,1-3,8-10H2,(H2,17,18,20,21). The number of urea groups is 1. The van der Waals surface area contributed by atoms with Gasteiger partial charge in [0.15, 0.2) is 0 Å². The van der Waals surface area contributed by atoms with Gasteiger partial charge in [0.2, 0.25) is 10.0 Å². The smallest absolute Gasteiger partial charge is 0.322 e. The fourth-order valence-corrected chi connectivity index (χ4v) is 5.05. The van der Waals surface area contributed by atoms with Gasteiger partial charge in [-0.05, 0) is 49.3 Å². The third-order valence-corrected chi connectivity index (χ3v) is 6.90. The normalized spacial score (nSPS) is 28.0. The number of imide groups is 1. The lowest BCUT2D eigenvalue weighted by Crippen LogP contribution is -2.59. The molecule has 8 heteroatoms. The Hall–Kier alpha value is -1.93. The van der Waals surface area contributed by atoms with E-state index in [1.165, 1.54) is 9.87 Å². The van der Waals surface area contributed by atoms with Crippen molar-refractivity contribution in [3.63, 3.8) is 0 Å². The van der Waals surface area contributed by atoms with Gasteiger partial charge >= 0.3 is 6.03 Å². The number of nitrogens with one attached hydrogen (secondary N) is 2. The van der Waals surface area contributed by atoms with Gasteiger partial charge in [-0.15, -0.1) is 0 Å². The second kappa shape index (κ2) is 5.29. The van der Waals surface area contributed by atoms with Crippen LogP contribution in [0.2, 0.25) is 0 Å². The van der Waals surface area contributed by atoms with Gasteiger partial charge < -0.3 is 5.32 Å². The summed E-state index contributed by atoms with van der Waals surface area (Å²) in [6, 6.07) is 6.45. The molecule has 1 atom stereocenters. The van der Waals surface area contributed by atoms with Crippen molar-refractivity contribution in [3.05, 3.63) is 29.8 Å². The highest BCUT2D eigenvalue weighted by atomic mass is 32.2. The third kappa shape index (κ3) is 2.50. The van der Waals surface area contributed by atoms with Gasteiger partial charge in [-0.3, -0.25) is 10.1 Å². The average Bonchev–Trinajstić information content (AvgIpc) is 3.36. The van der Waals surface area contributed by atoms with E-state index in [0.717, 1.165) is 12.8 Å². The molecule has 1 saturated carbocycles. The second-order valence-corrected chi connectivity index (χ2v) is 8.71. The first-order valence-electron chi connectivity index (χ1n) is 8.14. The highest BCUT2D eigenvalue weighted by Gasteiger charge is 2.50. The van der Waals surface area contributed by atoms with E-state index >= 15 is 0 Å². The summed E-state index contributed by atoms with van der Waals surface area (Å²) in [6.07, 6.45) is 3.29. The van der Waals surface area contributed by atoms with E-state index < -0.39 is 27.5 Å². The van der Waals surface area contributed by atoms with Gasteiger partial charge in [-0.1, -0.05) is 12.1 Å². The van der Waals surface area contributed by atoms with Gasteiger partial charge in [0, 0.05) is 13.1 Å². The molecule has 3 amide bonds. The predicted octanol–water partition coefficient (Wildman–Crippen LogP) is 0.927. The van der Waals surface area contributed by atoms with Crippen LogP contribution in [0.3, 0.4) is 0 Å². The van der Waals surface area contributed by atoms with Crippen molar-refractivity contribution in [1.29, 1.82) is 0 Å². The molecular weight excluding hydrogens is 330 g/mol. The Kier molecular flexibility index (Phi) is 3.43. The topological polar surface area (TPSA) is 95.6 Å². The van der Waals surface area contributed by atoms with Crippen molar-refractivity contribution >= 4 is 22.0 Å². The van der Waals surface area contributed by atoms with Crippen molar-refractivity contribution in [2.75, 3.05) is 13.1 Å². The van der Waals surface area contributed by atoms with Crippen LogP contribution in [-0.4, -0.2) is 43.3 Å². The lowest BCUT2D eigenvalue weighted by molar-refractivity contribution is -0.125. The molecule has 0 radical (unpaired) electrons. The zero-order chi connectivity index (χ0) is 16.9. The molecule has 7 nitrogen and oxygen atoms in total. The van der Waals surface area contributed by atoms with E-state index in [1.54, 1.807) is 12.1 Å². The third-order valence-electron chi connectivity index (χ3n) is 5.04. The molecule has 1 aromatic rings. The molecule has 1 aliphatic carbocycles. The fourth-order valence-electron chi connectivity index (χ4n) is 3.51. The summed E-state index contributed by atoms with van der Waals surface area (Å²) in [6.45, 7) is 0.314. The van der Waals surface area contributed by atoms with Crippen LogP contribution in [0.5, 0.6) is 0 Å². The van der Waals surface area contributed by atoms with Crippen LogP contribution < -0.4 is 10.6 Å². The number of amides is 3. The minimum absolute atomic E-state index is 0.0305. The van der Waals surface area contributed by atoms with Gasteiger partial charge in [0.1, 0.15) is 5.54 Å². The van der Waals surface area contributed by atoms with Crippen LogP contribution in [-0.2, 0) is 14.8 Å². The molecular formula is C16H19N3O4S. The van der Waals surface area contributed by atoms with Crippen molar-refractivity contribution in [2.45, 2.75) is 42.0 Å². The van der Waals surface area contributed by atoms with Crippen LogP contribution in [0.25, 0.3) is 0 Å². The van der Waals surface area contributed by atoms with Gasteiger partial charge in [-0.2, -0.15) is 4.31 Å². The summed E-state index contributed by atoms with van der Waals surface area (Å²) >= 11 is 0. The van der Waals surface area contributed by atoms with E-state index in [9.17, 15) is 18.0 Å². The van der Waals surface area contributed by atoms with E-state index in [1.807, 2.05) is 12.1 Å². The molecule has 3 aliphatic rings.